The van der Waals surface area contributed by atoms with E-state index in [1.54, 1.807) is 36.4 Å². The maximum atomic E-state index is 11.7. The number of halogens is 1. The van der Waals surface area contributed by atoms with Crippen LogP contribution in [0, 0.1) is 0 Å². The Labute approximate surface area is 133 Å². The molecule has 0 fully saturated rings. The van der Waals surface area contributed by atoms with E-state index in [-0.39, 0.29) is 18.0 Å². The van der Waals surface area contributed by atoms with E-state index in [4.69, 9.17) is 16.7 Å². The summed E-state index contributed by atoms with van der Waals surface area (Å²) in [7, 11) is 0. The Morgan fingerprint density at radius 1 is 1.14 bits per heavy atom. The largest absolute Gasteiger partial charge is 0.478 e. The summed E-state index contributed by atoms with van der Waals surface area (Å²) in [5.74, 6) is -1.25. The van der Waals surface area contributed by atoms with Crippen molar-refractivity contribution in [3.8, 4) is 0 Å². The van der Waals surface area contributed by atoms with E-state index < -0.39 is 5.97 Å². The number of rotatable bonds is 5. The minimum absolute atomic E-state index is 0.196. The highest BCUT2D eigenvalue weighted by molar-refractivity contribution is 6.30. The number of hydrogen-bond acceptors (Lipinski definition) is 2. The molecule has 0 saturated carbocycles. The molecule has 0 unspecified atom stereocenters. The summed E-state index contributed by atoms with van der Waals surface area (Å²) in [6.07, 6.45) is 3.07. The number of nitrogens with one attached hydrogen (secondary N) is 1. The van der Waals surface area contributed by atoms with Gasteiger partial charge in [-0.25, -0.2) is 4.79 Å². The van der Waals surface area contributed by atoms with Crippen molar-refractivity contribution < 1.29 is 14.7 Å². The lowest BCUT2D eigenvalue weighted by atomic mass is 10.1. The molecule has 5 heteroatoms. The average Bonchev–Trinajstić information content (AvgIpc) is 2.51. The van der Waals surface area contributed by atoms with Gasteiger partial charge in [-0.05, 0) is 41.5 Å². The first-order valence-corrected chi connectivity index (χ1v) is 6.96. The Morgan fingerprint density at radius 2 is 1.91 bits per heavy atom. The van der Waals surface area contributed by atoms with Gasteiger partial charge in [0.05, 0.1) is 5.56 Å². The lowest BCUT2D eigenvalue weighted by Crippen LogP contribution is -2.20. The summed E-state index contributed by atoms with van der Waals surface area (Å²) >= 11 is 5.86. The van der Waals surface area contributed by atoms with Gasteiger partial charge in [-0.15, -0.1) is 0 Å². The number of aromatic carboxylic acids is 1. The Kier molecular flexibility index (Phi) is 5.33. The van der Waals surface area contributed by atoms with Gasteiger partial charge in [0.25, 0.3) is 0 Å². The van der Waals surface area contributed by atoms with Crippen LogP contribution < -0.4 is 5.32 Å². The van der Waals surface area contributed by atoms with Gasteiger partial charge in [-0.3, -0.25) is 4.79 Å². The van der Waals surface area contributed by atoms with Crippen LogP contribution in [-0.2, 0) is 11.3 Å². The molecule has 0 spiro atoms. The molecule has 22 heavy (non-hydrogen) atoms. The maximum Gasteiger partial charge on any atom is 0.335 e. The molecule has 4 nitrogen and oxygen atoms in total. The molecule has 0 aliphatic carbocycles. The highest BCUT2D eigenvalue weighted by atomic mass is 35.5. The van der Waals surface area contributed by atoms with E-state index >= 15 is 0 Å². The molecule has 0 aliphatic rings. The molecule has 2 N–H and O–H groups in total. The van der Waals surface area contributed by atoms with Crippen molar-refractivity contribution in [1.82, 2.24) is 5.32 Å². The Morgan fingerprint density at radius 3 is 2.64 bits per heavy atom. The molecule has 0 bridgehead atoms. The van der Waals surface area contributed by atoms with Crippen molar-refractivity contribution in [2.75, 3.05) is 0 Å². The summed E-state index contributed by atoms with van der Waals surface area (Å²) in [5, 5.41) is 12.2. The van der Waals surface area contributed by atoms with E-state index in [9.17, 15) is 9.59 Å². The number of carboxylic acid groups (broad SMARTS) is 1. The van der Waals surface area contributed by atoms with Crippen LogP contribution in [0.25, 0.3) is 6.08 Å². The molecule has 0 heterocycles. The Balaban J connectivity index is 1.93. The second kappa shape index (κ2) is 7.43. The van der Waals surface area contributed by atoms with Crippen LogP contribution in [0.2, 0.25) is 5.02 Å². The summed E-state index contributed by atoms with van der Waals surface area (Å²) in [6, 6.07) is 13.6. The SMILES string of the molecule is O=C(/C=C/c1cccc(Cl)c1)NCc1cccc(C(=O)O)c1. The fraction of sp³-hybridized carbons (Fsp3) is 0.0588. The smallest absolute Gasteiger partial charge is 0.335 e. The van der Waals surface area contributed by atoms with Crippen LogP contribution >= 0.6 is 11.6 Å². The average molecular weight is 316 g/mol. The monoisotopic (exact) mass is 315 g/mol. The summed E-state index contributed by atoms with van der Waals surface area (Å²) in [6.45, 7) is 0.264. The second-order valence-corrected chi connectivity index (χ2v) is 5.05. The normalized spacial score (nSPS) is 10.6. The maximum absolute atomic E-state index is 11.7. The molecule has 0 aromatic heterocycles. The van der Waals surface area contributed by atoms with Crippen molar-refractivity contribution in [3.05, 3.63) is 76.3 Å². The third kappa shape index (κ3) is 4.75. The molecule has 1 amide bonds. The number of carbonyl (C=O) groups is 2. The van der Waals surface area contributed by atoms with Crippen LogP contribution in [-0.4, -0.2) is 17.0 Å². The van der Waals surface area contributed by atoms with Gasteiger partial charge >= 0.3 is 5.97 Å². The predicted molar refractivity (Wildman–Crippen MR) is 85.7 cm³/mol. The van der Waals surface area contributed by atoms with Crippen molar-refractivity contribution >= 4 is 29.6 Å². The molecule has 2 aromatic rings. The first kappa shape index (κ1) is 15.8. The number of hydrogen-bond donors (Lipinski definition) is 2. The zero-order valence-electron chi connectivity index (χ0n) is 11.6. The molecule has 2 rings (SSSR count). The second-order valence-electron chi connectivity index (χ2n) is 4.61. The number of amides is 1. The van der Waals surface area contributed by atoms with E-state index in [0.29, 0.717) is 5.02 Å². The number of benzene rings is 2. The lowest BCUT2D eigenvalue weighted by Gasteiger charge is -2.03. The highest BCUT2D eigenvalue weighted by Gasteiger charge is 2.03. The standard InChI is InChI=1S/C17H14ClNO3/c18-15-6-2-3-12(10-15)7-8-16(20)19-11-13-4-1-5-14(9-13)17(21)22/h1-10H,11H2,(H,19,20)(H,21,22)/b8-7+. The first-order valence-electron chi connectivity index (χ1n) is 6.58. The van der Waals surface area contributed by atoms with Gasteiger partial charge in [-0.1, -0.05) is 35.9 Å². The van der Waals surface area contributed by atoms with Gasteiger partial charge in [0.15, 0.2) is 0 Å². The molecular formula is C17H14ClNO3. The molecule has 112 valence electrons. The van der Waals surface area contributed by atoms with Crippen molar-refractivity contribution in [3.63, 3.8) is 0 Å². The summed E-state index contributed by atoms with van der Waals surface area (Å²) < 4.78 is 0. The van der Waals surface area contributed by atoms with Crippen LogP contribution in [0.15, 0.2) is 54.6 Å². The third-order valence-electron chi connectivity index (χ3n) is 2.92. The van der Waals surface area contributed by atoms with Crippen molar-refractivity contribution in [2.45, 2.75) is 6.54 Å². The van der Waals surface area contributed by atoms with Gasteiger partial charge in [0.2, 0.25) is 5.91 Å². The van der Waals surface area contributed by atoms with Gasteiger partial charge in [0.1, 0.15) is 0 Å². The van der Waals surface area contributed by atoms with E-state index in [1.807, 2.05) is 6.07 Å². The van der Waals surface area contributed by atoms with Crippen molar-refractivity contribution in [1.29, 1.82) is 0 Å². The van der Waals surface area contributed by atoms with Gasteiger partial charge < -0.3 is 10.4 Å². The molecule has 0 saturated heterocycles. The van der Waals surface area contributed by atoms with Crippen LogP contribution in [0.5, 0.6) is 0 Å². The molecule has 0 radical (unpaired) electrons. The Bertz CT molecular complexity index is 725. The van der Waals surface area contributed by atoms with Gasteiger partial charge in [-0.2, -0.15) is 0 Å². The van der Waals surface area contributed by atoms with Crippen molar-refractivity contribution in [2.24, 2.45) is 0 Å². The third-order valence-corrected chi connectivity index (χ3v) is 3.15. The highest BCUT2D eigenvalue weighted by Crippen LogP contribution is 2.11. The number of carbonyl (C=O) groups excluding carboxylic acids is 1. The van der Waals surface area contributed by atoms with Crippen LogP contribution in [0.4, 0.5) is 0 Å². The van der Waals surface area contributed by atoms with Gasteiger partial charge in [0, 0.05) is 17.6 Å². The molecular weight excluding hydrogens is 302 g/mol. The molecule has 2 aromatic carbocycles. The first-order chi connectivity index (χ1) is 10.5. The van der Waals surface area contributed by atoms with E-state index in [0.717, 1.165) is 11.1 Å². The lowest BCUT2D eigenvalue weighted by molar-refractivity contribution is -0.116. The fourth-order valence-electron chi connectivity index (χ4n) is 1.84. The summed E-state index contributed by atoms with van der Waals surface area (Å²) in [4.78, 5) is 22.6. The number of carboxylic acids is 1. The molecule has 0 atom stereocenters. The fourth-order valence-corrected chi connectivity index (χ4v) is 2.04. The summed E-state index contributed by atoms with van der Waals surface area (Å²) in [5.41, 5.74) is 1.75. The predicted octanol–water partition coefficient (Wildman–Crippen LogP) is 3.37. The molecule has 0 aliphatic heterocycles. The topological polar surface area (TPSA) is 66.4 Å². The zero-order valence-corrected chi connectivity index (χ0v) is 12.4. The minimum Gasteiger partial charge on any atom is -0.478 e. The quantitative estimate of drug-likeness (QED) is 0.831. The van der Waals surface area contributed by atoms with E-state index in [2.05, 4.69) is 5.32 Å². The van der Waals surface area contributed by atoms with E-state index in [1.165, 1.54) is 18.2 Å². The van der Waals surface area contributed by atoms with Crippen LogP contribution in [0.3, 0.4) is 0 Å². The van der Waals surface area contributed by atoms with Crippen LogP contribution in [0.1, 0.15) is 21.5 Å². The Hall–Kier alpha value is -2.59. The minimum atomic E-state index is -0.992. The zero-order chi connectivity index (χ0) is 15.9.